The molecule has 2 heterocycles. The van der Waals surface area contributed by atoms with Gasteiger partial charge >= 0.3 is 5.97 Å². The van der Waals surface area contributed by atoms with E-state index in [4.69, 9.17) is 10.8 Å². The zero-order valence-electron chi connectivity index (χ0n) is 10.6. The molecule has 1 aliphatic rings. The molecule has 1 aliphatic heterocycles. The summed E-state index contributed by atoms with van der Waals surface area (Å²) in [5.74, 6) is -0.326. The molecule has 102 valence electrons. The highest BCUT2D eigenvalue weighted by Crippen LogP contribution is 2.24. The largest absolute Gasteiger partial charge is 0.481 e. The van der Waals surface area contributed by atoms with E-state index in [1.54, 1.807) is 12.1 Å². The predicted octanol–water partition coefficient (Wildman–Crippen LogP) is 0.872. The number of piperidine rings is 1. The van der Waals surface area contributed by atoms with Crippen molar-refractivity contribution in [2.45, 2.75) is 19.3 Å². The van der Waals surface area contributed by atoms with Crippen LogP contribution in [0.4, 0.5) is 5.82 Å². The fourth-order valence-electron chi connectivity index (χ4n) is 2.35. The molecule has 0 atom stereocenters. The molecule has 1 aromatic heterocycles. The first-order chi connectivity index (χ1) is 9.06. The summed E-state index contributed by atoms with van der Waals surface area (Å²) in [7, 11) is 0. The maximum Gasteiger partial charge on any atom is 0.303 e. The average molecular weight is 263 g/mol. The fraction of sp³-hybridized carbons (Fsp3) is 0.462. The Morgan fingerprint density at radius 3 is 2.63 bits per heavy atom. The molecular weight excluding hydrogens is 246 g/mol. The maximum atomic E-state index is 11.1. The van der Waals surface area contributed by atoms with Crippen LogP contribution >= 0.6 is 0 Å². The van der Waals surface area contributed by atoms with E-state index in [1.807, 2.05) is 6.07 Å². The number of carbonyl (C=O) groups excluding carboxylic acids is 1. The normalized spacial score (nSPS) is 16.3. The van der Waals surface area contributed by atoms with Gasteiger partial charge in [-0.15, -0.1) is 0 Å². The van der Waals surface area contributed by atoms with Crippen molar-refractivity contribution < 1.29 is 14.7 Å². The summed E-state index contributed by atoms with van der Waals surface area (Å²) in [6.45, 7) is 1.51. The lowest BCUT2D eigenvalue weighted by Crippen LogP contribution is -2.35. The molecule has 3 N–H and O–H groups in total. The van der Waals surface area contributed by atoms with Gasteiger partial charge in [-0.1, -0.05) is 6.07 Å². The number of carbonyl (C=O) groups is 2. The summed E-state index contributed by atoms with van der Waals surface area (Å²) in [5.41, 5.74) is 5.46. The van der Waals surface area contributed by atoms with Crippen LogP contribution < -0.4 is 10.6 Å². The van der Waals surface area contributed by atoms with E-state index < -0.39 is 11.9 Å². The van der Waals surface area contributed by atoms with Gasteiger partial charge in [0.25, 0.3) is 5.91 Å². The molecule has 1 aromatic rings. The first-order valence-electron chi connectivity index (χ1n) is 6.30. The third kappa shape index (κ3) is 3.43. The van der Waals surface area contributed by atoms with E-state index in [0.29, 0.717) is 0 Å². The summed E-state index contributed by atoms with van der Waals surface area (Å²) in [4.78, 5) is 28.0. The smallest absolute Gasteiger partial charge is 0.303 e. The van der Waals surface area contributed by atoms with Crippen LogP contribution in [-0.4, -0.2) is 35.1 Å². The Balaban J connectivity index is 1.99. The first-order valence-corrected chi connectivity index (χ1v) is 6.30. The van der Waals surface area contributed by atoms with Crippen molar-refractivity contribution in [2.24, 2.45) is 11.7 Å². The molecule has 0 radical (unpaired) electrons. The topological polar surface area (TPSA) is 96.5 Å². The second-order valence-corrected chi connectivity index (χ2v) is 4.77. The van der Waals surface area contributed by atoms with Gasteiger partial charge in [0.15, 0.2) is 0 Å². The van der Waals surface area contributed by atoms with Crippen molar-refractivity contribution >= 4 is 17.7 Å². The Morgan fingerprint density at radius 2 is 2.05 bits per heavy atom. The predicted molar refractivity (Wildman–Crippen MR) is 69.9 cm³/mol. The number of pyridine rings is 1. The van der Waals surface area contributed by atoms with Crippen LogP contribution in [0.2, 0.25) is 0 Å². The number of hydrogen-bond donors (Lipinski definition) is 2. The van der Waals surface area contributed by atoms with Crippen molar-refractivity contribution in [3.05, 3.63) is 23.9 Å². The highest BCUT2D eigenvalue weighted by molar-refractivity contribution is 5.91. The van der Waals surface area contributed by atoms with Gasteiger partial charge in [-0.2, -0.15) is 0 Å². The fourth-order valence-corrected chi connectivity index (χ4v) is 2.35. The molecule has 2 rings (SSSR count). The quantitative estimate of drug-likeness (QED) is 0.840. The van der Waals surface area contributed by atoms with Gasteiger partial charge in [0.1, 0.15) is 11.5 Å². The van der Waals surface area contributed by atoms with Crippen LogP contribution in [0.15, 0.2) is 18.2 Å². The minimum Gasteiger partial charge on any atom is -0.481 e. The SMILES string of the molecule is NC(=O)c1cccc(N2CCC(CC(=O)O)CC2)n1. The van der Waals surface area contributed by atoms with E-state index in [2.05, 4.69) is 9.88 Å². The van der Waals surface area contributed by atoms with Crippen molar-refractivity contribution in [1.29, 1.82) is 0 Å². The number of rotatable bonds is 4. The minimum atomic E-state index is -0.743. The van der Waals surface area contributed by atoms with E-state index >= 15 is 0 Å². The van der Waals surface area contributed by atoms with Gasteiger partial charge in [-0.05, 0) is 30.9 Å². The number of primary amides is 1. The van der Waals surface area contributed by atoms with E-state index in [1.165, 1.54) is 0 Å². The molecule has 0 spiro atoms. The molecule has 19 heavy (non-hydrogen) atoms. The van der Waals surface area contributed by atoms with Crippen LogP contribution in [0.5, 0.6) is 0 Å². The number of aromatic nitrogens is 1. The number of carboxylic acid groups (broad SMARTS) is 1. The second kappa shape index (κ2) is 5.69. The van der Waals surface area contributed by atoms with Gasteiger partial charge in [0, 0.05) is 19.5 Å². The lowest BCUT2D eigenvalue weighted by atomic mass is 9.94. The van der Waals surface area contributed by atoms with Crippen LogP contribution in [-0.2, 0) is 4.79 Å². The molecule has 6 heteroatoms. The van der Waals surface area contributed by atoms with Crippen LogP contribution in [0.1, 0.15) is 29.8 Å². The first kappa shape index (κ1) is 13.3. The molecule has 0 aromatic carbocycles. The molecule has 0 saturated carbocycles. The van der Waals surface area contributed by atoms with Crippen molar-refractivity contribution in [2.75, 3.05) is 18.0 Å². The lowest BCUT2D eigenvalue weighted by molar-refractivity contribution is -0.138. The molecule has 0 unspecified atom stereocenters. The molecule has 0 aliphatic carbocycles. The summed E-state index contributed by atoms with van der Waals surface area (Å²) in [6, 6.07) is 5.18. The van der Waals surface area contributed by atoms with Gasteiger partial charge in [-0.25, -0.2) is 4.98 Å². The number of hydrogen-bond acceptors (Lipinski definition) is 4. The highest BCUT2D eigenvalue weighted by atomic mass is 16.4. The summed E-state index contributed by atoms with van der Waals surface area (Å²) < 4.78 is 0. The van der Waals surface area contributed by atoms with Crippen molar-refractivity contribution in [1.82, 2.24) is 4.98 Å². The number of nitrogens with two attached hydrogens (primary N) is 1. The third-order valence-corrected chi connectivity index (χ3v) is 3.39. The number of amides is 1. The molecule has 0 bridgehead atoms. The number of carboxylic acids is 1. The molecular formula is C13H17N3O3. The zero-order chi connectivity index (χ0) is 13.8. The molecule has 1 saturated heterocycles. The van der Waals surface area contributed by atoms with E-state index in [0.717, 1.165) is 31.7 Å². The summed E-state index contributed by atoms with van der Waals surface area (Å²) in [5, 5.41) is 8.77. The summed E-state index contributed by atoms with van der Waals surface area (Å²) in [6.07, 6.45) is 1.88. The van der Waals surface area contributed by atoms with Crippen LogP contribution in [0.25, 0.3) is 0 Å². The van der Waals surface area contributed by atoms with Crippen molar-refractivity contribution in [3.63, 3.8) is 0 Å². The Bertz CT molecular complexity index is 482. The second-order valence-electron chi connectivity index (χ2n) is 4.77. The number of nitrogens with zero attached hydrogens (tertiary/aromatic N) is 2. The van der Waals surface area contributed by atoms with Gasteiger partial charge in [0.2, 0.25) is 0 Å². The van der Waals surface area contributed by atoms with E-state index in [9.17, 15) is 9.59 Å². The molecule has 6 nitrogen and oxygen atoms in total. The van der Waals surface area contributed by atoms with Gasteiger partial charge < -0.3 is 15.7 Å². The Morgan fingerprint density at radius 1 is 1.37 bits per heavy atom. The minimum absolute atomic E-state index is 0.225. The van der Waals surface area contributed by atoms with Crippen LogP contribution in [0.3, 0.4) is 0 Å². The lowest BCUT2D eigenvalue weighted by Gasteiger charge is -2.32. The molecule has 1 fully saturated rings. The van der Waals surface area contributed by atoms with Crippen molar-refractivity contribution in [3.8, 4) is 0 Å². The zero-order valence-corrected chi connectivity index (χ0v) is 10.6. The maximum absolute atomic E-state index is 11.1. The Kier molecular flexibility index (Phi) is 3.99. The van der Waals surface area contributed by atoms with Crippen LogP contribution in [0, 0.1) is 5.92 Å². The number of anilines is 1. The van der Waals surface area contributed by atoms with Gasteiger partial charge in [-0.3, -0.25) is 9.59 Å². The molecule has 1 amide bonds. The third-order valence-electron chi connectivity index (χ3n) is 3.39. The standard InChI is InChI=1S/C13H17N3O3/c14-13(19)10-2-1-3-11(15-10)16-6-4-9(5-7-16)8-12(17)18/h1-3,9H,4-8H2,(H2,14,19)(H,17,18). The van der Waals surface area contributed by atoms with E-state index in [-0.39, 0.29) is 18.0 Å². The van der Waals surface area contributed by atoms with Gasteiger partial charge in [0.05, 0.1) is 0 Å². The Labute approximate surface area is 111 Å². The summed E-state index contributed by atoms with van der Waals surface area (Å²) >= 11 is 0. The highest BCUT2D eigenvalue weighted by Gasteiger charge is 2.22. The number of aliphatic carboxylic acids is 1. The average Bonchev–Trinajstić information content (AvgIpc) is 2.39. The monoisotopic (exact) mass is 263 g/mol. The Hall–Kier alpha value is -2.11.